The topological polar surface area (TPSA) is 50.2 Å². The minimum Gasteiger partial charge on any atom is -0.481 e. The van der Waals surface area contributed by atoms with E-state index in [1.807, 2.05) is 30.3 Å². The molecule has 1 aromatic carbocycles. The number of hydrogen-bond donors (Lipinski definition) is 1. The van der Waals surface area contributed by atoms with E-state index in [1.165, 1.54) is 0 Å². The van der Waals surface area contributed by atoms with Crippen molar-refractivity contribution in [3.63, 3.8) is 0 Å². The molecule has 2 rings (SSSR count). The number of carboxylic acid groups (broad SMARTS) is 1. The lowest BCUT2D eigenvalue weighted by Gasteiger charge is -2.14. The third kappa shape index (κ3) is 2.50. The highest BCUT2D eigenvalue weighted by atomic mass is 16.4. The molecule has 3 heteroatoms. The number of aliphatic carboxylic acids is 1. The third-order valence-corrected chi connectivity index (χ3v) is 3.20. The lowest BCUT2D eigenvalue weighted by atomic mass is 9.91. The lowest BCUT2D eigenvalue weighted by molar-refractivity contribution is -0.139. The van der Waals surface area contributed by atoms with Crippen molar-refractivity contribution in [1.29, 1.82) is 0 Å². The van der Waals surface area contributed by atoms with Crippen LogP contribution in [0, 0.1) is 0 Å². The number of rotatable bonds is 5. The molecule has 1 heterocycles. The molecule has 0 spiro atoms. The van der Waals surface area contributed by atoms with Crippen molar-refractivity contribution in [2.24, 2.45) is 0 Å². The monoisotopic (exact) mass is 243 g/mol. The van der Waals surface area contributed by atoms with E-state index < -0.39 is 11.9 Å². The van der Waals surface area contributed by atoms with E-state index in [0.29, 0.717) is 6.42 Å². The average Bonchev–Trinajstić information content (AvgIpc) is 2.39. The number of fused-ring (bicyclic) bond motifs is 1. The minimum absolute atomic E-state index is 0.433. The number of carbonyl (C=O) groups is 1. The van der Waals surface area contributed by atoms with E-state index >= 15 is 0 Å². The van der Waals surface area contributed by atoms with Gasteiger partial charge < -0.3 is 5.11 Å². The zero-order valence-corrected chi connectivity index (χ0v) is 10.5. The maximum atomic E-state index is 11.4. The van der Waals surface area contributed by atoms with Crippen LogP contribution in [0.4, 0.5) is 0 Å². The summed E-state index contributed by atoms with van der Waals surface area (Å²) in [4.78, 5) is 15.7. The van der Waals surface area contributed by atoms with Crippen LogP contribution in [0.2, 0.25) is 0 Å². The van der Waals surface area contributed by atoms with Crippen LogP contribution in [-0.4, -0.2) is 16.1 Å². The van der Waals surface area contributed by atoms with Crippen LogP contribution < -0.4 is 0 Å². The average molecular weight is 243 g/mol. The summed E-state index contributed by atoms with van der Waals surface area (Å²) in [6, 6.07) is 9.53. The van der Waals surface area contributed by atoms with Crippen LogP contribution in [0.3, 0.4) is 0 Å². The number of carboxylic acids is 1. The first-order chi connectivity index (χ1) is 8.74. The van der Waals surface area contributed by atoms with Crippen LogP contribution in [0.5, 0.6) is 0 Å². The Hall–Kier alpha value is -1.90. The van der Waals surface area contributed by atoms with E-state index in [9.17, 15) is 9.90 Å². The molecule has 1 aromatic heterocycles. The first-order valence-electron chi connectivity index (χ1n) is 6.30. The SMILES string of the molecule is CCCCC(C(=O)O)c1ccnc2ccccc12. The fourth-order valence-corrected chi connectivity index (χ4v) is 2.24. The van der Waals surface area contributed by atoms with Crippen LogP contribution in [0.15, 0.2) is 36.5 Å². The Kier molecular flexibility index (Phi) is 3.92. The molecule has 1 N–H and O–H groups in total. The van der Waals surface area contributed by atoms with Gasteiger partial charge in [0.15, 0.2) is 0 Å². The van der Waals surface area contributed by atoms with Crippen molar-refractivity contribution in [3.8, 4) is 0 Å². The van der Waals surface area contributed by atoms with Crippen LogP contribution >= 0.6 is 0 Å². The van der Waals surface area contributed by atoms with Gasteiger partial charge in [-0.1, -0.05) is 38.0 Å². The van der Waals surface area contributed by atoms with Crippen LogP contribution in [0.1, 0.15) is 37.7 Å². The zero-order chi connectivity index (χ0) is 13.0. The number of hydrogen-bond acceptors (Lipinski definition) is 2. The van der Waals surface area contributed by atoms with Crippen LogP contribution in [0.25, 0.3) is 10.9 Å². The van der Waals surface area contributed by atoms with Gasteiger partial charge in [0.05, 0.1) is 11.4 Å². The Morgan fingerprint density at radius 2 is 2.11 bits per heavy atom. The summed E-state index contributed by atoms with van der Waals surface area (Å²) in [6.45, 7) is 2.07. The highest BCUT2D eigenvalue weighted by molar-refractivity contribution is 5.88. The highest BCUT2D eigenvalue weighted by Crippen LogP contribution is 2.28. The molecule has 3 nitrogen and oxygen atoms in total. The summed E-state index contributed by atoms with van der Waals surface area (Å²) in [5.41, 5.74) is 1.74. The second kappa shape index (κ2) is 5.63. The standard InChI is InChI=1S/C15H17NO2/c1-2-3-6-13(15(17)18)11-9-10-16-14-8-5-4-7-12(11)14/h4-5,7-10,13H,2-3,6H2,1H3,(H,17,18). The fraction of sp³-hybridized carbons (Fsp3) is 0.333. The summed E-state index contributed by atoms with van der Waals surface area (Å²) in [7, 11) is 0. The van der Waals surface area contributed by atoms with E-state index in [1.54, 1.807) is 6.20 Å². The summed E-state index contributed by atoms with van der Waals surface area (Å²) < 4.78 is 0. The fourth-order valence-electron chi connectivity index (χ4n) is 2.24. The largest absolute Gasteiger partial charge is 0.481 e. The van der Waals surface area contributed by atoms with Crippen molar-refractivity contribution >= 4 is 16.9 Å². The maximum absolute atomic E-state index is 11.4. The molecule has 0 saturated heterocycles. The number of para-hydroxylation sites is 1. The van der Waals surface area contributed by atoms with E-state index in [-0.39, 0.29) is 0 Å². The van der Waals surface area contributed by atoms with Crippen molar-refractivity contribution < 1.29 is 9.90 Å². The van der Waals surface area contributed by atoms with E-state index in [4.69, 9.17) is 0 Å². The Morgan fingerprint density at radius 3 is 2.83 bits per heavy atom. The molecule has 0 amide bonds. The molecule has 0 radical (unpaired) electrons. The molecular weight excluding hydrogens is 226 g/mol. The Bertz CT molecular complexity index is 546. The normalized spacial score (nSPS) is 12.5. The van der Waals surface area contributed by atoms with Gasteiger partial charge in [0.2, 0.25) is 0 Å². The number of aromatic nitrogens is 1. The second-order valence-corrected chi connectivity index (χ2v) is 4.45. The number of benzene rings is 1. The molecule has 0 aliphatic heterocycles. The molecule has 1 atom stereocenters. The third-order valence-electron chi connectivity index (χ3n) is 3.20. The minimum atomic E-state index is -0.750. The Balaban J connectivity index is 2.46. The van der Waals surface area contributed by atoms with Gasteiger partial charge >= 0.3 is 5.97 Å². The number of unbranched alkanes of at least 4 members (excludes halogenated alkanes) is 1. The molecule has 0 fully saturated rings. The molecule has 0 bridgehead atoms. The Morgan fingerprint density at radius 1 is 1.33 bits per heavy atom. The van der Waals surface area contributed by atoms with Gasteiger partial charge in [-0.15, -0.1) is 0 Å². The van der Waals surface area contributed by atoms with Gasteiger partial charge in [0.1, 0.15) is 0 Å². The van der Waals surface area contributed by atoms with Gasteiger partial charge in [-0.3, -0.25) is 9.78 Å². The van der Waals surface area contributed by atoms with Gasteiger partial charge in [-0.2, -0.15) is 0 Å². The highest BCUT2D eigenvalue weighted by Gasteiger charge is 2.21. The maximum Gasteiger partial charge on any atom is 0.310 e. The van der Waals surface area contributed by atoms with Crippen molar-refractivity contribution in [2.75, 3.05) is 0 Å². The first-order valence-corrected chi connectivity index (χ1v) is 6.30. The lowest BCUT2D eigenvalue weighted by Crippen LogP contribution is -2.12. The molecule has 0 aliphatic carbocycles. The number of nitrogens with zero attached hydrogens (tertiary/aromatic N) is 1. The summed E-state index contributed by atoms with van der Waals surface area (Å²) in [5.74, 6) is -1.18. The molecule has 2 aromatic rings. The van der Waals surface area contributed by atoms with E-state index in [0.717, 1.165) is 29.3 Å². The van der Waals surface area contributed by atoms with E-state index in [2.05, 4.69) is 11.9 Å². The van der Waals surface area contributed by atoms with Gasteiger partial charge in [-0.05, 0) is 24.1 Å². The molecule has 1 unspecified atom stereocenters. The molecule has 0 saturated carbocycles. The van der Waals surface area contributed by atoms with Gasteiger partial charge in [-0.25, -0.2) is 0 Å². The van der Waals surface area contributed by atoms with Crippen LogP contribution in [-0.2, 0) is 4.79 Å². The predicted molar refractivity (Wildman–Crippen MR) is 71.6 cm³/mol. The first kappa shape index (κ1) is 12.6. The predicted octanol–water partition coefficient (Wildman–Crippen LogP) is 3.59. The van der Waals surface area contributed by atoms with Crippen molar-refractivity contribution in [3.05, 3.63) is 42.1 Å². The Labute approximate surface area is 106 Å². The zero-order valence-electron chi connectivity index (χ0n) is 10.5. The molecule has 18 heavy (non-hydrogen) atoms. The quantitative estimate of drug-likeness (QED) is 0.873. The van der Waals surface area contributed by atoms with Crippen molar-refractivity contribution in [2.45, 2.75) is 32.1 Å². The summed E-state index contributed by atoms with van der Waals surface area (Å²) in [5, 5.41) is 10.3. The number of pyridine rings is 1. The van der Waals surface area contributed by atoms with Gasteiger partial charge in [0.25, 0.3) is 0 Å². The smallest absolute Gasteiger partial charge is 0.310 e. The van der Waals surface area contributed by atoms with Crippen molar-refractivity contribution in [1.82, 2.24) is 4.98 Å². The molecule has 94 valence electrons. The summed E-state index contributed by atoms with van der Waals surface area (Å²) in [6.07, 6.45) is 4.31. The van der Waals surface area contributed by atoms with Gasteiger partial charge in [0, 0.05) is 11.6 Å². The molecular formula is C15H17NO2. The second-order valence-electron chi connectivity index (χ2n) is 4.45. The summed E-state index contributed by atoms with van der Waals surface area (Å²) >= 11 is 0. The molecule has 0 aliphatic rings.